The summed E-state index contributed by atoms with van der Waals surface area (Å²) in [6, 6.07) is 8.10. The molecule has 0 bridgehead atoms. The quantitative estimate of drug-likeness (QED) is 0.669. The van der Waals surface area contributed by atoms with E-state index in [9.17, 15) is 13.2 Å². The number of rotatable bonds is 4. The van der Waals surface area contributed by atoms with Crippen LogP contribution in [0.25, 0.3) is 10.9 Å². The highest BCUT2D eigenvalue weighted by Crippen LogP contribution is 2.33. The number of para-hydroxylation sites is 1. The van der Waals surface area contributed by atoms with E-state index in [0.29, 0.717) is 18.9 Å². The Balaban J connectivity index is 1.42. The maximum Gasteiger partial charge on any atom is 0.416 e. The summed E-state index contributed by atoms with van der Waals surface area (Å²) in [5, 5.41) is 5.59. The number of benzene rings is 1. The first kappa shape index (κ1) is 18.0. The summed E-state index contributed by atoms with van der Waals surface area (Å²) in [6.07, 6.45) is -0.437. The lowest BCUT2D eigenvalue weighted by molar-refractivity contribution is -0.137. The number of aryl methyl sites for hydroxylation is 1. The molecular weight excluding hydrogens is 375 g/mol. The number of nitrogens with zero attached hydrogens (tertiary/aromatic N) is 4. The molecule has 1 aromatic carbocycles. The molecule has 0 saturated carbocycles. The van der Waals surface area contributed by atoms with Crippen molar-refractivity contribution in [3.63, 3.8) is 0 Å². The number of hydrogen-bond acceptors (Lipinski definition) is 5. The second kappa shape index (κ2) is 6.95. The monoisotopic (exact) mass is 393 g/mol. The lowest BCUT2D eigenvalue weighted by atomic mass is 10.2. The minimum Gasteiger partial charge on any atom is -0.355 e. The fourth-order valence-corrected chi connectivity index (χ4v) is 4.20. The minimum atomic E-state index is -4.35. The Labute approximate surface area is 158 Å². The second-order valence-electron chi connectivity index (χ2n) is 6.49. The number of nitrogens with one attached hydrogen (secondary N) is 1. The molecule has 1 atom stereocenters. The largest absolute Gasteiger partial charge is 0.416 e. The molecule has 9 heteroatoms. The van der Waals surface area contributed by atoms with Crippen LogP contribution < -0.4 is 9.62 Å². The molecular formula is C18H18F3N5S. The molecule has 4 rings (SSSR count). The molecule has 1 fully saturated rings. The molecule has 5 nitrogen and oxygen atoms in total. The van der Waals surface area contributed by atoms with Crippen molar-refractivity contribution in [1.29, 1.82) is 0 Å². The van der Waals surface area contributed by atoms with Crippen LogP contribution in [-0.2, 0) is 13.2 Å². The molecule has 3 aromatic rings. The molecule has 142 valence electrons. The van der Waals surface area contributed by atoms with Gasteiger partial charge in [-0.1, -0.05) is 12.1 Å². The zero-order chi connectivity index (χ0) is 19.0. The van der Waals surface area contributed by atoms with E-state index in [4.69, 9.17) is 0 Å². The van der Waals surface area contributed by atoms with E-state index in [0.717, 1.165) is 35.1 Å². The van der Waals surface area contributed by atoms with Gasteiger partial charge in [-0.25, -0.2) is 4.98 Å². The smallest absolute Gasteiger partial charge is 0.355 e. The Bertz CT molecular complexity index is 956. The summed E-state index contributed by atoms with van der Waals surface area (Å²) in [5.41, 5.74) is 1.34. The van der Waals surface area contributed by atoms with Gasteiger partial charge in [0, 0.05) is 37.0 Å². The van der Waals surface area contributed by atoms with E-state index in [2.05, 4.69) is 14.8 Å². The van der Waals surface area contributed by atoms with Crippen molar-refractivity contribution in [1.82, 2.24) is 14.8 Å². The topological polar surface area (TPSA) is 46.0 Å². The SMILES string of the molecule is Cn1ncc2cccc(NSC3CCN(c4cc(C(F)(F)F)ccn4)C3)c21. The molecule has 1 saturated heterocycles. The van der Waals surface area contributed by atoms with Crippen LogP contribution >= 0.6 is 11.9 Å². The molecule has 1 N–H and O–H groups in total. The molecule has 3 heterocycles. The van der Waals surface area contributed by atoms with Gasteiger partial charge in [0.15, 0.2) is 0 Å². The van der Waals surface area contributed by atoms with Crippen molar-refractivity contribution >= 4 is 34.4 Å². The predicted octanol–water partition coefficient (Wildman–Crippen LogP) is 4.33. The predicted molar refractivity (Wildman–Crippen MR) is 102 cm³/mol. The van der Waals surface area contributed by atoms with Gasteiger partial charge in [-0.05, 0) is 36.6 Å². The average molecular weight is 393 g/mol. The van der Waals surface area contributed by atoms with Gasteiger partial charge in [-0.2, -0.15) is 18.3 Å². The van der Waals surface area contributed by atoms with Crippen molar-refractivity contribution in [3.05, 3.63) is 48.3 Å². The highest BCUT2D eigenvalue weighted by atomic mass is 32.2. The number of pyridine rings is 1. The van der Waals surface area contributed by atoms with Gasteiger partial charge >= 0.3 is 6.18 Å². The summed E-state index contributed by atoms with van der Waals surface area (Å²) >= 11 is 1.59. The first-order chi connectivity index (χ1) is 12.9. The Morgan fingerprint density at radius 1 is 1.26 bits per heavy atom. The first-order valence-electron chi connectivity index (χ1n) is 8.52. The number of anilines is 2. The Kier molecular flexibility index (Phi) is 4.63. The molecule has 1 aliphatic heterocycles. The third kappa shape index (κ3) is 3.69. The molecule has 1 aliphatic rings. The van der Waals surface area contributed by atoms with Gasteiger partial charge in [0.2, 0.25) is 0 Å². The molecule has 0 aliphatic carbocycles. The summed E-state index contributed by atoms with van der Waals surface area (Å²) in [6.45, 7) is 1.33. The average Bonchev–Trinajstić information content (AvgIpc) is 3.27. The maximum atomic E-state index is 12.9. The van der Waals surface area contributed by atoms with Crippen LogP contribution in [-0.4, -0.2) is 33.1 Å². The lowest BCUT2D eigenvalue weighted by Gasteiger charge is -2.19. The number of fused-ring (bicyclic) bond motifs is 1. The fourth-order valence-electron chi connectivity index (χ4n) is 3.26. The van der Waals surface area contributed by atoms with Gasteiger partial charge in [0.1, 0.15) is 5.82 Å². The van der Waals surface area contributed by atoms with Crippen molar-refractivity contribution in [2.24, 2.45) is 7.05 Å². The summed E-state index contributed by atoms with van der Waals surface area (Å²) in [4.78, 5) is 6.02. The maximum absolute atomic E-state index is 12.9. The van der Waals surface area contributed by atoms with E-state index in [-0.39, 0.29) is 5.25 Å². The van der Waals surface area contributed by atoms with Crippen LogP contribution in [0.5, 0.6) is 0 Å². The number of alkyl halides is 3. The Morgan fingerprint density at radius 3 is 2.93 bits per heavy atom. The van der Waals surface area contributed by atoms with Gasteiger partial charge in [-0.15, -0.1) is 0 Å². The van der Waals surface area contributed by atoms with Crippen molar-refractivity contribution in [3.8, 4) is 0 Å². The third-order valence-electron chi connectivity index (χ3n) is 4.64. The first-order valence-corrected chi connectivity index (χ1v) is 9.40. The van der Waals surface area contributed by atoms with Crippen LogP contribution in [0.3, 0.4) is 0 Å². The Hall–Kier alpha value is -2.42. The summed E-state index contributed by atoms with van der Waals surface area (Å²) in [5.74, 6) is 0.377. The normalized spacial score (nSPS) is 17.6. The van der Waals surface area contributed by atoms with Crippen LogP contribution in [0.4, 0.5) is 24.7 Å². The number of hydrogen-bond donors (Lipinski definition) is 1. The van der Waals surface area contributed by atoms with E-state index in [1.54, 1.807) is 11.9 Å². The molecule has 0 radical (unpaired) electrons. The fraction of sp³-hybridized carbons (Fsp3) is 0.333. The summed E-state index contributed by atoms with van der Waals surface area (Å²) < 4.78 is 43.9. The Morgan fingerprint density at radius 2 is 2.11 bits per heavy atom. The van der Waals surface area contributed by atoms with Crippen LogP contribution in [0.2, 0.25) is 0 Å². The molecule has 27 heavy (non-hydrogen) atoms. The molecule has 0 amide bonds. The van der Waals surface area contributed by atoms with Gasteiger partial charge < -0.3 is 9.62 Å². The minimum absolute atomic E-state index is 0.254. The van der Waals surface area contributed by atoms with Crippen LogP contribution in [0.15, 0.2) is 42.7 Å². The second-order valence-corrected chi connectivity index (χ2v) is 7.60. The van der Waals surface area contributed by atoms with Gasteiger partial charge in [-0.3, -0.25) is 4.68 Å². The van der Waals surface area contributed by atoms with Crippen molar-refractivity contribution < 1.29 is 13.2 Å². The third-order valence-corrected chi connectivity index (χ3v) is 5.69. The van der Waals surface area contributed by atoms with E-state index in [1.165, 1.54) is 6.20 Å². The lowest BCUT2D eigenvalue weighted by Crippen LogP contribution is -2.22. The number of aromatic nitrogens is 3. The van der Waals surface area contributed by atoms with E-state index >= 15 is 0 Å². The zero-order valence-corrected chi connectivity index (χ0v) is 15.4. The standard InChI is InChI=1S/C18H18F3N5S/c1-25-17-12(10-23-25)3-2-4-15(17)24-27-14-6-8-26(11-14)16-9-13(5-7-22-16)18(19,20)21/h2-5,7,9-10,14,24H,6,8,11H2,1H3. The van der Waals surface area contributed by atoms with E-state index < -0.39 is 11.7 Å². The van der Waals surface area contributed by atoms with Crippen molar-refractivity contribution in [2.45, 2.75) is 17.8 Å². The van der Waals surface area contributed by atoms with Crippen molar-refractivity contribution in [2.75, 3.05) is 22.7 Å². The van der Waals surface area contributed by atoms with Gasteiger partial charge in [0.25, 0.3) is 0 Å². The zero-order valence-electron chi connectivity index (χ0n) is 14.6. The molecule has 0 spiro atoms. The molecule has 2 aromatic heterocycles. The van der Waals surface area contributed by atoms with E-state index in [1.807, 2.05) is 41.0 Å². The summed E-state index contributed by atoms with van der Waals surface area (Å²) in [7, 11) is 1.90. The van der Waals surface area contributed by atoms with Gasteiger partial charge in [0.05, 0.1) is 23.0 Å². The van der Waals surface area contributed by atoms with Crippen LogP contribution in [0.1, 0.15) is 12.0 Å². The van der Waals surface area contributed by atoms with Crippen LogP contribution in [0, 0.1) is 0 Å². The number of halogens is 3. The highest BCUT2D eigenvalue weighted by molar-refractivity contribution is 8.01. The molecule has 1 unspecified atom stereocenters. The highest BCUT2D eigenvalue weighted by Gasteiger charge is 2.32.